The molecule has 0 amide bonds. The lowest BCUT2D eigenvalue weighted by atomic mass is 9.73. The van der Waals surface area contributed by atoms with Gasteiger partial charge in [0.25, 0.3) is 0 Å². The normalized spacial score (nSPS) is 15.2. The molecule has 0 rings (SSSR count). The van der Waals surface area contributed by atoms with Crippen molar-refractivity contribution in [2.24, 2.45) is 22.7 Å². The predicted octanol–water partition coefficient (Wildman–Crippen LogP) is 9.63. The minimum absolute atomic E-state index is 0.435. The minimum Gasteiger partial charge on any atom is -0.0654 e. The van der Waals surface area contributed by atoms with Crippen LogP contribution in [0.25, 0.3) is 0 Å². The van der Waals surface area contributed by atoms with Gasteiger partial charge in [-0.1, -0.05) is 120 Å². The van der Waals surface area contributed by atoms with Crippen LogP contribution in [0.15, 0.2) is 0 Å². The van der Waals surface area contributed by atoms with Gasteiger partial charge in [-0.25, -0.2) is 0 Å². The topological polar surface area (TPSA) is 0 Å². The van der Waals surface area contributed by atoms with E-state index in [-0.39, 0.29) is 0 Å². The van der Waals surface area contributed by atoms with Crippen LogP contribution in [-0.2, 0) is 0 Å². The molecule has 0 aromatic rings. The van der Waals surface area contributed by atoms with E-state index >= 15 is 0 Å². The van der Waals surface area contributed by atoms with Crippen molar-refractivity contribution in [3.63, 3.8) is 0 Å². The lowest BCUT2D eigenvalue weighted by Crippen LogP contribution is -2.22. The predicted molar refractivity (Wildman–Crippen MR) is 122 cm³/mol. The summed E-state index contributed by atoms with van der Waals surface area (Å²) in [5.41, 5.74) is 0.880. The smallest absolute Gasteiger partial charge is 0.0354 e. The van der Waals surface area contributed by atoms with Crippen molar-refractivity contribution in [3.8, 4) is 0 Å². The Labute approximate surface area is 168 Å². The van der Waals surface area contributed by atoms with E-state index in [2.05, 4.69) is 61.8 Å². The summed E-state index contributed by atoms with van der Waals surface area (Å²) in [5, 5.41) is 0. The second-order valence-electron chi connectivity index (χ2n) is 11.1. The van der Waals surface area contributed by atoms with Crippen LogP contribution < -0.4 is 0 Å². The average molecular weight is 366 g/mol. The van der Waals surface area contributed by atoms with Crippen molar-refractivity contribution in [1.29, 1.82) is 0 Å². The first-order valence-corrected chi connectivity index (χ1v) is 11.9. The molecule has 0 N–H and O–H groups in total. The Balaban J connectivity index is 3.86. The standard InChI is InChI=1S/C26H53/c1-9-10-11-12-13-14-15-16-17-18-21-24(26(6,7)8)22-19-20-23(2)25(3,4)5/h19,23-24H,9-18,20-22H2,1-8H3. The summed E-state index contributed by atoms with van der Waals surface area (Å²) in [6.45, 7) is 19.1. The Kier molecular flexibility index (Phi) is 14.1. The molecule has 0 heteroatoms. The molecule has 0 aromatic carbocycles. The summed E-state index contributed by atoms with van der Waals surface area (Å²) in [7, 11) is 0. The van der Waals surface area contributed by atoms with Gasteiger partial charge in [0.05, 0.1) is 0 Å². The molecule has 0 saturated carbocycles. The summed E-state index contributed by atoms with van der Waals surface area (Å²) in [4.78, 5) is 0. The first kappa shape index (κ1) is 26.0. The monoisotopic (exact) mass is 365 g/mol. The highest BCUT2D eigenvalue weighted by Gasteiger charge is 2.25. The summed E-state index contributed by atoms with van der Waals surface area (Å²) >= 11 is 0. The molecule has 0 aliphatic heterocycles. The fraction of sp³-hybridized carbons (Fsp3) is 0.962. The first-order chi connectivity index (χ1) is 12.1. The van der Waals surface area contributed by atoms with Gasteiger partial charge in [-0.15, -0.1) is 0 Å². The zero-order valence-corrected chi connectivity index (χ0v) is 19.9. The molecule has 157 valence electrons. The molecule has 0 fully saturated rings. The highest BCUT2D eigenvalue weighted by Crippen LogP contribution is 2.36. The molecule has 0 saturated heterocycles. The van der Waals surface area contributed by atoms with E-state index < -0.39 is 0 Å². The van der Waals surface area contributed by atoms with Crippen molar-refractivity contribution in [2.45, 2.75) is 139 Å². The van der Waals surface area contributed by atoms with Crippen molar-refractivity contribution < 1.29 is 0 Å². The molecule has 2 atom stereocenters. The molecule has 0 spiro atoms. The van der Waals surface area contributed by atoms with Gasteiger partial charge >= 0.3 is 0 Å². The molecule has 0 aliphatic carbocycles. The van der Waals surface area contributed by atoms with Gasteiger partial charge < -0.3 is 0 Å². The molecule has 0 aliphatic rings. The van der Waals surface area contributed by atoms with Crippen LogP contribution in [0.1, 0.15) is 139 Å². The van der Waals surface area contributed by atoms with Gasteiger partial charge in [0.1, 0.15) is 0 Å². The van der Waals surface area contributed by atoms with Crippen molar-refractivity contribution in [3.05, 3.63) is 6.42 Å². The Morgan fingerprint density at radius 3 is 1.50 bits per heavy atom. The van der Waals surface area contributed by atoms with Crippen LogP contribution >= 0.6 is 0 Å². The number of hydrogen-bond acceptors (Lipinski definition) is 0. The van der Waals surface area contributed by atoms with E-state index in [4.69, 9.17) is 0 Å². The summed E-state index contributed by atoms with van der Waals surface area (Å²) in [6, 6.07) is 0. The van der Waals surface area contributed by atoms with Crippen LogP contribution in [0, 0.1) is 29.1 Å². The molecule has 0 nitrogen and oxygen atoms in total. The number of unbranched alkanes of at least 4 members (excludes halogenated alkanes) is 9. The van der Waals surface area contributed by atoms with Crippen LogP contribution in [0.3, 0.4) is 0 Å². The minimum atomic E-state index is 0.435. The van der Waals surface area contributed by atoms with Crippen LogP contribution in [0.4, 0.5) is 0 Å². The third kappa shape index (κ3) is 14.1. The Hall–Kier alpha value is 0. The van der Waals surface area contributed by atoms with Gasteiger partial charge in [0, 0.05) is 0 Å². The quantitative estimate of drug-likeness (QED) is 0.253. The van der Waals surface area contributed by atoms with Crippen LogP contribution in [0.5, 0.6) is 0 Å². The van der Waals surface area contributed by atoms with E-state index in [0.717, 1.165) is 11.8 Å². The Morgan fingerprint density at radius 1 is 0.615 bits per heavy atom. The fourth-order valence-electron chi connectivity index (χ4n) is 3.68. The maximum Gasteiger partial charge on any atom is -0.0354 e. The Morgan fingerprint density at radius 2 is 1.08 bits per heavy atom. The summed E-state index contributed by atoms with van der Waals surface area (Å²) in [5.74, 6) is 1.63. The number of hydrogen-bond donors (Lipinski definition) is 0. The first-order valence-electron chi connectivity index (χ1n) is 11.9. The van der Waals surface area contributed by atoms with Crippen LogP contribution in [0.2, 0.25) is 0 Å². The SMILES string of the molecule is CCCCCCCCCCCCC(C[CH]CC(C)C(C)(C)C)C(C)(C)C. The summed E-state index contributed by atoms with van der Waals surface area (Å²) < 4.78 is 0. The van der Waals surface area contributed by atoms with Crippen molar-refractivity contribution in [1.82, 2.24) is 0 Å². The third-order valence-electron chi connectivity index (χ3n) is 6.58. The van der Waals surface area contributed by atoms with E-state index in [9.17, 15) is 0 Å². The van der Waals surface area contributed by atoms with Crippen LogP contribution in [-0.4, -0.2) is 0 Å². The van der Waals surface area contributed by atoms with Crippen molar-refractivity contribution in [2.75, 3.05) is 0 Å². The maximum absolute atomic E-state index is 2.60. The summed E-state index contributed by atoms with van der Waals surface area (Å²) in [6.07, 6.45) is 21.0. The van der Waals surface area contributed by atoms with Crippen molar-refractivity contribution >= 4 is 0 Å². The van der Waals surface area contributed by atoms with E-state index in [1.165, 1.54) is 83.5 Å². The second-order valence-corrected chi connectivity index (χ2v) is 11.1. The van der Waals surface area contributed by atoms with E-state index in [1.807, 2.05) is 0 Å². The van der Waals surface area contributed by atoms with Gasteiger partial charge in [0.15, 0.2) is 0 Å². The van der Waals surface area contributed by atoms with Gasteiger partial charge in [-0.3, -0.25) is 0 Å². The fourth-order valence-corrected chi connectivity index (χ4v) is 3.68. The average Bonchev–Trinajstić information content (AvgIpc) is 2.52. The third-order valence-corrected chi connectivity index (χ3v) is 6.58. The molecule has 1 radical (unpaired) electrons. The van der Waals surface area contributed by atoms with E-state index in [0.29, 0.717) is 10.8 Å². The molecule has 0 aromatic heterocycles. The molecule has 2 unspecified atom stereocenters. The molecular formula is C26H53. The number of rotatable bonds is 15. The molecular weight excluding hydrogens is 312 g/mol. The Bertz CT molecular complexity index is 301. The second kappa shape index (κ2) is 14.1. The zero-order valence-electron chi connectivity index (χ0n) is 19.9. The van der Waals surface area contributed by atoms with Gasteiger partial charge in [0.2, 0.25) is 0 Å². The lowest BCUT2D eigenvalue weighted by molar-refractivity contribution is 0.206. The molecule has 0 heterocycles. The largest absolute Gasteiger partial charge is 0.0654 e. The highest BCUT2D eigenvalue weighted by atomic mass is 14.3. The lowest BCUT2D eigenvalue weighted by Gasteiger charge is -2.32. The zero-order chi connectivity index (χ0) is 20.1. The van der Waals surface area contributed by atoms with E-state index in [1.54, 1.807) is 0 Å². The maximum atomic E-state index is 2.60. The molecule has 0 bridgehead atoms. The van der Waals surface area contributed by atoms with Gasteiger partial charge in [-0.05, 0) is 48.3 Å². The highest BCUT2D eigenvalue weighted by molar-refractivity contribution is 4.83. The molecule has 26 heavy (non-hydrogen) atoms. The van der Waals surface area contributed by atoms with Gasteiger partial charge in [-0.2, -0.15) is 0 Å².